The van der Waals surface area contributed by atoms with Gasteiger partial charge in [-0.25, -0.2) is 23.4 Å². The Bertz CT molecular complexity index is 1360. The molecule has 32 heavy (non-hydrogen) atoms. The predicted molar refractivity (Wildman–Crippen MR) is 119 cm³/mol. The lowest BCUT2D eigenvalue weighted by Crippen LogP contribution is -2.14. The third-order valence-electron chi connectivity index (χ3n) is 4.44. The normalized spacial score (nSPS) is 11.2. The fourth-order valence-electron chi connectivity index (χ4n) is 2.92. The third kappa shape index (κ3) is 4.66. The maximum atomic E-state index is 12.8. The molecular formula is C21H18ClN5O4S. The van der Waals surface area contributed by atoms with Gasteiger partial charge in [0.1, 0.15) is 34.4 Å². The molecule has 2 heterocycles. The number of anilines is 1. The Labute approximate surface area is 189 Å². The van der Waals surface area contributed by atoms with Gasteiger partial charge in [-0.3, -0.25) is 9.29 Å². The summed E-state index contributed by atoms with van der Waals surface area (Å²) in [5.74, 6) is 2.39. The Hall–Kier alpha value is -3.63. The average molecular weight is 472 g/mol. The Morgan fingerprint density at radius 3 is 2.50 bits per heavy atom. The van der Waals surface area contributed by atoms with E-state index in [0.717, 1.165) is 5.82 Å². The van der Waals surface area contributed by atoms with E-state index >= 15 is 0 Å². The van der Waals surface area contributed by atoms with Crippen molar-refractivity contribution in [3.63, 3.8) is 0 Å². The van der Waals surface area contributed by atoms with E-state index in [2.05, 4.69) is 19.7 Å². The van der Waals surface area contributed by atoms with Gasteiger partial charge in [0.2, 0.25) is 5.88 Å². The summed E-state index contributed by atoms with van der Waals surface area (Å²) in [5.41, 5.74) is 0.344. The minimum Gasteiger partial charge on any atom is -0.495 e. The molecule has 1 N–H and O–H groups in total. The second-order valence-electron chi connectivity index (χ2n) is 6.59. The van der Waals surface area contributed by atoms with Gasteiger partial charge < -0.3 is 9.47 Å². The molecule has 11 heteroatoms. The number of methoxy groups -OCH3 is 1. The highest BCUT2D eigenvalue weighted by atomic mass is 35.5. The van der Waals surface area contributed by atoms with E-state index in [1.807, 2.05) is 6.92 Å². The zero-order valence-electron chi connectivity index (χ0n) is 17.1. The monoisotopic (exact) mass is 471 g/mol. The third-order valence-corrected chi connectivity index (χ3v) is 6.08. The molecule has 0 bridgehead atoms. The highest BCUT2D eigenvalue weighted by Gasteiger charge is 2.20. The number of halogens is 1. The summed E-state index contributed by atoms with van der Waals surface area (Å²) in [7, 11) is -2.52. The molecule has 0 aliphatic heterocycles. The standard InChI is InChI=1S/C21H18ClN5O4S/c1-14-23-9-10-27(14)20-12-21(25-13-24-20)31-17-6-4-16(5-7-17)26-32(28,29)19-11-15(22)3-8-18(19)30-2/h3-13,26H,1-2H3. The minimum atomic E-state index is -3.91. The molecule has 0 amide bonds. The average Bonchev–Trinajstić information content (AvgIpc) is 3.21. The van der Waals surface area contributed by atoms with E-state index in [-0.39, 0.29) is 15.7 Å². The van der Waals surface area contributed by atoms with Crippen LogP contribution in [0.5, 0.6) is 17.4 Å². The van der Waals surface area contributed by atoms with E-state index in [0.29, 0.717) is 23.1 Å². The van der Waals surface area contributed by atoms with Gasteiger partial charge in [-0.05, 0) is 49.4 Å². The van der Waals surface area contributed by atoms with Gasteiger partial charge in [0.15, 0.2) is 0 Å². The topological polar surface area (TPSA) is 108 Å². The molecule has 4 rings (SSSR count). The van der Waals surface area contributed by atoms with Crippen molar-refractivity contribution in [2.45, 2.75) is 11.8 Å². The van der Waals surface area contributed by atoms with Crippen LogP contribution < -0.4 is 14.2 Å². The van der Waals surface area contributed by atoms with Crippen LogP contribution >= 0.6 is 11.6 Å². The van der Waals surface area contributed by atoms with E-state index in [4.69, 9.17) is 21.1 Å². The second kappa shape index (κ2) is 8.85. The number of hydrogen-bond acceptors (Lipinski definition) is 7. The predicted octanol–water partition coefficient (Wildman–Crippen LogP) is 4.23. The van der Waals surface area contributed by atoms with Crippen LogP contribution in [0.2, 0.25) is 5.02 Å². The summed E-state index contributed by atoms with van der Waals surface area (Å²) in [4.78, 5) is 12.5. The zero-order chi connectivity index (χ0) is 22.7. The smallest absolute Gasteiger partial charge is 0.265 e. The number of benzene rings is 2. The summed E-state index contributed by atoms with van der Waals surface area (Å²) in [5, 5.41) is 0.282. The molecule has 4 aromatic rings. The van der Waals surface area contributed by atoms with Gasteiger partial charge in [0, 0.05) is 29.2 Å². The summed E-state index contributed by atoms with van der Waals surface area (Å²) in [6.45, 7) is 1.86. The number of ether oxygens (including phenoxy) is 2. The molecule has 2 aromatic carbocycles. The zero-order valence-corrected chi connectivity index (χ0v) is 18.6. The van der Waals surface area contributed by atoms with Crippen LogP contribution in [0.1, 0.15) is 5.82 Å². The number of imidazole rings is 1. The van der Waals surface area contributed by atoms with Crippen LogP contribution in [0.4, 0.5) is 5.69 Å². The van der Waals surface area contributed by atoms with Crippen molar-refractivity contribution in [3.05, 3.63) is 78.1 Å². The Balaban J connectivity index is 1.51. The molecule has 2 aromatic heterocycles. The van der Waals surface area contributed by atoms with Gasteiger partial charge in [0.25, 0.3) is 10.0 Å². The maximum Gasteiger partial charge on any atom is 0.265 e. The highest BCUT2D eigenvalue weighted by Crippen LogP contribution is 2.29. The van der Waals surface area contributed by atoms with Gasteiger partial charge in [-0.2, -0.15) is 0 Å². The largest absolute Gasteiger partial charge is 0.495 e. The quantitative estimate of drug-likeness (QED) is 0.429. The summed E-state index contributed by atoms with van der Waals surface area (Å²) >= 11 is 5.95. The Morgan fingerprint density at radius 2 is 1.81 bits per heavy atom. The lowest BCUT2D eigenvalue weighted by molar-refractivity contribution is 0.403. The fraction of sp³-hybridized carbons (Fsp3) is 0.0952. The van der Waals surface area contributed by atoms with E-state index in [1.165, 1.54) is 25.6 Å². The molecule has 0 aliphatic carbocycles. The molecule has 0 unspecified atom stereocenters. The number of sulfonamides is 1. The first kappa shape index (κ1) is 21.6. The van der Waals surface area contributed by atoms with E-state index in [1.54, 1.807) is 53.4 Å². The number of rotatable bonds is 7. The van der Waals surface area contributed by atoms with Crippen molar-refractivity contribution in [1.29, 1.82) is 0 Å². The van der Waals surface area contributed by atoms with E-state index in [9.17, 15) is 8.42 Å². The van der Waals surface area contributed by atoms with E-state index < -0.39 is 10.0 Å². The first-order chi connectivity index (χ1) is 15.4. The summed E-state index contributed by atoms with van der Waals surface area (Å²) in [6, 6.07) is 12.4. The number of nitrogens with zero attached hydrogens (tertiary/aromatic N) is 4. The van der Waals surface area contributed by atoms with Crippen molar-refractivity contribution in [3.8, 4) is 23.2 Å². The molecule has 0 atom stereocenters. The van der Waals surface area contributed by atoms with Crippen LogP contribution in [0.15, 0.2) is 72.1 Å². The fourth-order valence-corrected chi connectivity index (χ4v) is 4.41. The van der Waals surface area contributed by atoms with Crippen molar-refractivity contribution in [1.82, 2.24) is 19.5 Å². The molecular weight excluding hydrogens is 454 g/mol. The number of aromatic nitrogens is 4. The molecule has 0 saturated carbocycles. The van der Waals surface area contributed by atoms with Gasteiger partial charge >= 0.3 is 0 Å². The maximum absolute atomic E-state index is 12.8. The highest BCUT2D eigenvalue weighted by molar-refractivity contribution is 7.92. The second-order valence-corrected chi connectivity index (χ2v) is 8.67. The van der Waals surface area contributed by atoms with Crippen molar-refractivity contribution in [2.75, 3.05) is 11.8 Å². The van der Waals surface area contributed by atoms with Gasteiger partial charge in [-0.15, -0.1) is 0 Å². The Morgan fingerprint density at radius 1 is 1.03 bits per heavy atom. The lowest BCUT2D eigenvalue weighted by Gasteiger charge is -2.12. The first-order valence-electron chi connectivity index (χ1n) is 9.32. The molecule has 0 aliphatic rings. The van der Waals surface area contributed by atoms with Gasteiger partial charge in [0.05, 0.1) is 7.11 Å². The SMILES string of the molecule is COc1ccc(Cl)cc1S(=O)(=O)Nc1ccc(Oc2cc(-n3ccnc3C)ncn2)cc1. The molecule has 0 spiro atoms. The van der Waals surface area contributed by atoms with Gasteiger partial charge in [-0.1, -0.05) is 11.6 Å². The van der Waals surface area contributed by atoms with Crippen molar-refractivity contribution >= 4 is 27.3 Å². The summed E-state index contributed by atoms with van der Waals surface area (Å²) in [6.07, 6.45) is 4.86. The van der Waals surface area contributed by atoms with Crippen LogP contribution in [0, 0.1) is 6.92 Å². The molecule has 164 valence electrons. The molecule has 0 radical (unpaired) electrons. The van der Waals surface area contributed by atoms with Crippen LogP contribution in [0.3, 0.4) is 0 Å². The molecule has 0 fully saturated rings. The number of hydrogen-bond donors (Lipinski definition) is 1. The summed E-state index contributed by atoms with van der Waals surface area (Å²) < 4.78 is 40.8. The van der Waals surface area contributed by atoms with Crippen LogP contribution in [0.25, 0.3) is 5.82 Å². The number of aryl methyl sites for hydroxylation is 1. The van der Waals surface area contributed by atoms with Crippen LogP contribution in [-0.2, 0) is 10.0 Å². The molecule has 0 saturated heterocycles. The number of nitrogens with one attached hydrogen (secondary N) is 1. The van der Waals surface area contributed by atoms with Crippen LogP contribution in [-0.4, -0.2) is 35.0 Å². The minimum absolute atomic E-state index is 0.0591. The lowest BCUT2D eigenvalue weighted by atomic mass is 10.3. The van der Waals surface area contributed by atoms with Crippen molar-refractivity contribution in [2.24, 2.45) is 0 Å². The first-order valence-corrected chi connectivity index (χ1v) is 11.2. The molecule has 9 nitrogen and oxygen atoms in total. The Kier molecular flexibility index (Phi) is 5.97. The van der Waals surface area contributed by atoms with Crippen molar-refractivity contribution < 1.29 is 17.9 Å².